The van der Waals surface area contributed by atoms with Crippen LogP contribution in [0.15, 0.2) is 24.3 Å². The number of carbonyl (C=O) groups is 1. The fourth-order valence-corrected chi connectivity index (χ4v) is 3.81. The lowest BCUT2D eigenvalue weighted by Crippen LogP contribution is -2.41. The van der Waals surface area contributed by atoms with Gasteiger partial charge in [-0.15, -0.1) is 0 Å². The van der Waals surface area contributed by atoms with Crippen LogP contribution in [0.25, 0.3) is 0 Å². The van der Waals surface area contributed by atoms with E-state index in [1.807, 2.05) is 19.1 Å². The lowest BCUT2D eigenvalue weighted by Gasteiger charge is -2.38. The summed E-state index contributed by atoms with van der Waals surface area (Å²) in [5.74, 6) is 1.05. The van der Waals surface area contributed by atoms with Gasteiger partial charge in [-0.3, -0.25) is 9.48 Å². The number of rotatable bonds is 4. The summed E-state index contributed by atoms with van der Waals surface area (Å²) in [6, 6.07) is 7.82. The molecule has 132 valence electrons. The SMILES string of the molecule is Cc1cc(C(=O)N[C@@H](c2ccc3c(c2)CCO3)C2CC(O)C2)n(C)n1. The first-order valence-corrected chi connectivity index (χ1v) is 8.76. The van der Waals surface area contributed by atoms with E-state index in [0.29, 0.717) is 25.1 Å². The topological polar surface area (TPSA) is 76.4 Å². The fraction of sp³-hybridized carbons (Fsp3) is 0.474. The Hall–Kier alpha value is -2.34. The number of aliphatic hydroxyl groups is 1. The molecule has 1 aromatic heterocycles. The molecule has 1 fully saturated rings. The van der Waals surface area contributed by atoms with Crippen molar-refractivity contribution in [3.8, 4) is 5.75 Å². The van der Waals surface area contributed by atoms with Gasteiger partial charge in [-0.05, 0) is 55.0 Å². The van der Waals surface area contributed by atoms with Crippen molar-refractivity contribution in [1.82, 2.24) is 15.1 Å². The molecule has 0 bridgehead atoms. The second-order valence-corrected chi connectivity index (χ2v) is 7.10. The van der Waals surface area contributed by atoms with Gasteiger partial charge in [0.15, 0.2) is 0 Å². The molecule has 6 nitrogen and oxygen atoms in total. The third kappa shape index (κ3) is 3.02. The van der Waals surface area contributed by atoms with Gasteiger partial charge < -0.3 is 15.2 Å². The zero-order valence-corrected chi connectivity index (χ0v) is 14.5. The lowest BCUT2D eigenvalue weighted by molar-refractivity contribution is 0.0234. The molecule has 25 heavy (non-hydrogen) atoms. The highest BCUT2D eigenvalue weighted by atomic mass is 16.5. The van der Waals surface area contributed by atoms with Crippen LogP contribution in [0, 0.1) is 12.8 Å². The number of carbonyl (C=O) groups excluding carboxylic acids is 1. The predicted octanol–water partition coefficient (Wildman–Crippen LogP) is 1.91. The van der Waals surface area contributed by atoms with Crippen molar-refractivity contribution in [1.29, 1.82) is 0 Å². The molecule has 1 aliphatic heterocycles. The maximum atomic E-state index is 12.8. The quantitative estimate of drug-likeness (QED) is 0.891. The van der Waals surface area contributed by atoms with E-state index in [1.54, 1.807) is 17.8 Å². The maximum absolute atomic E-state index is 12.8. The van der Waals surface area contributed by atoms with Crippen molar-refractivity contribution in [2.24, 2.45) is 13.0 Å². The largest absolute Gasteiger partial charge is 0.493 e. The summed E-state index contributed by atoms with van der Waals surface area (Å²) in [5.41, 5.74) is 3.63. The number of hydrogen-bond donors (Lipinski definition) is 2. The molecule has 0 radical (unpaired) electrons. The third-order valence-electron chi connectivity index (χ3n) is 5.21. The van der Waals surface area contributed by atoms with E-state index in [9.17, 15) is 9.90 Å². The van der Waals surface area contributed by atoms with Gasteiger partial charge in [-0.25, -0.2) is 0 Å². The average Bonchev–Trinajstić information content (AvgIpc) is 3.14. The second-order valence-electron chi connectivity index (χ2n) is 7.10. The van der Waals surface area contributed by atoms with Crippen LogP contribution >= 0.6 is 0 Å². The van der Waals surface area contributed by atoms with Crippen LogP contribution in [0.1, 0.15) is 46.2 Å². The van der Waals surface area contributed by atoms with Gasteiger partial charge in [0.05, 0.1) is 24.4 Å². The molecule has 2 N–H and O–H groups in total. The van der Waals surface area contributed by atoms with Gasteiger partial charge in [0, 0.05) is 13.5 Å². The fourth-order valence-electron chi connectivity index (χ4n) is 3.81. The standard InChI is InChI=1S/C19H23N3O3/c1-11-7-16(22(2)21-11)19(24)20-18(14-9-15(23)10-14)13-3-4-17-12(8-13)5-6-25-17/h3-4,7-8,14-15,18,23H,5-6,9-10H2,1-2H3,(H,20,24)/t14?,15?,18-/m0/s1. The zero-order chi connectivity index (χ0) is 17.6. The van der Waals surface area contributed by atoms with Crippen LogP contribution in [0.2, 0.25) is 0 Å². The van der Waals surface area contributed by atoms with Crippen molar-refractivity contribution in [3.05, 3.63) is 46.8 Å². The average molecular weight is 341 g/mol. The predicted molar refractivity (Wildman–Crippen MR) is 92.5 cm³/mol. The van der Waals surface area contributed by atoms with Crippen molar-refractivity contribution in [2.45, 2.75) is 38.3 Å². The summed E-state index contributed by atoms with van der Waals surface area (Å²) in [7, 11) is 1.77. The van der Waals surface area contributed by atoms with E-state index in [-0.39, 0.29) is 24.0 Å². The summed E-state index contributed by atoms with van der Waals surface area (Å²) in [6.07, 6.45) is 2.06. The zero-order valence-electron chi connectivity index (χ0n) is 14.5. The minimum atomic E-state index is -0.263. The molecule has 6 heteroatoms. The van der Waals surface area contributed by atoms with Gasteiger partial charge >= 0.3 is 0 Å². The van der Waals surface area contributed by atoms with Crippen LogP contribution in [-0.4, -0.2) is 33.5 Å². The van der Waals surface area contributed by atoms with Crippen molar-refractivity contribution in [3.63, 3.8) is 0 Å². The molecular formula is C19H23N3O3. The Morgan fingerprint density at radius 3 is 2.88 bits per heavy atom. The molecule has 1 atom stereocenters. The maximum Gasteiger partial charge on any atom is 0.270 e. The summed E-state index contributed by atoms with van der Waals surface area (Å²) >= 11 is 0. The molecule has 4 rings (SSSR count). The number of hydrogen-bond acceptors (Lipinski definition) is 4. The molecule has 0 spiro atoms. The van der Waals surface area contributed by atoms with E-state index in [2.05, 4.69) is 16.5 Å². The van der Waals surface area contributed by atoms with Crippen molar-refractivity contribution >= 4 is 5.91 Å². The Kier molecular flexibility index (Phi) is 4.00. The molecule has 2 aromatic rings. The van der Waals surface area contributed by atoms with Crippen molar-refractivity contribution in [2.75, 3.05) is 6.61 Å². The third-order valence-corrected chi connectivity index (χ3v) is 5.21. The number of aromatic nitrogens is 2. The Morgan fingerprint density at radius 1 is 1.40 bits per heavy atom. The first-order chi connectivity index (χ1) is 12.0. The molecule has 0 saturated heterocycles. The van der Waals surface area contributed by atoms with E-state index in [0.717, 1.165) is 23.4 Å². The minimum Gasteiger partial charge on any atom is -0.493 e. The van der Waals surface area contributed by atoms with Crippen molar-refractivity contribution < 1.29 is 14.6 Å². The number of benzene rings is 1. The van der Waals surface area contributed by atoms with Gasteiger partial charge in [0.2, 0.25) is 0 Å². The van der Waals surface area contributed by atoms with Crippen LogP contribution in [-0.2, 0) is 13.5 Å². The van der Waals surface area contributed by atoms with Gasteiger partial charge in [-0.1, -0.05) is 6.07 Å². The van der Waals surface area contributed by atoms with Crippen LogP contribution in [0.4, 0.5) is 0 Å². The minimum absolute atomic E-state index is 0.114. The Balaban J connectivity index is 1.60. The van der Waals surface area contributed by atoms with Crippen LogP contribution < -0.4 is 10.1 Å². The highest BCUT2D eigenvalue weighted by Crippen LogP contribution is 2.39. The Morgan fingerprint density at radius 2 is 2.20 bits per heavy atom. The van der Waals surface area contributed by atoms with E-state index >= 15 is 0 Å². The smallest absolute Gasteiger partial charge is 0.270 e. The number of aliphatic hydroxyl groups excluding tert-OH is 1. The Labute approximate surface area is 146 Å². The van der Waals surface area contributed by atoms with E-state index < -0.39 is 0 Å². The molecule has 2 aliphatic rings. The van der Waals surface area contributed by atoms with Crippen LogP contribution in [0.5, 0.6) is 5.75 Å². The van der Waals surface area contributed by atoms with E-state index in [1.165, 1.54) is 5.56 Å². The first kappa shape index (κ1) is 16.1. The first-order valence-electron chi connectivity index (χ1n) is 8.76. The molecule has 1 amide bonds. The van der Waals surface area contributed by atoms with Gasteiger partial charge in [0.1, 0.15) is 11.4 Å². The Bertz CT molecular complexity index is 808. The number of amides is 1. The summed E-state index contributed by atoms with van der Waals surface area (Å²) < 4.78 is 7.19. The molecule has 1 aliphatic carbocycles. The molecule has 1 aromatic carbocycles. The summed E-state index contributed by atoms with van der Waals surface area (Å²) in [5, 5.41) is 17.1. The highest BCUT2D eigenvalue weighted by Gasteiger charge is 2.36. The number of nitrogens with one attached hydrogen (secondary N) is 1. The van der Waals surface area contributed by atoms with Crippen LogP contribution in [0.3, 0.4) is 0 Å². The van der Waals surface area contributed by atoms with Gasteiger partial charge in [0.25, 0.3) is 5.91 Å². The number of fused-ring (bicyclic) bond motifs is 1. The molecule has 1 saturated carbocycles. The second kappa shape index (κ2) is 6.19. The molecule has 0 unspecified atom stereocenters. The van der Waals surface area contributed by atoms with E-state index in [4.69, 9.17) is 4.74 Å². The number of aryl methyl sites for hydroxylation is 2. The number of nitrogens with zero attached hydrogens (tertiary/aromatic N) is 2. The molecular weight excluding hydrogens is 318 g/mol. The van der Waals surface area contributed by atoms with Gasteiger partial charge in [-0.2, -0.15) is 5.10 Å². The molecule has 2 heterocycles. The number of ether oxygens (including phenoxy) is 1. The summed E-state index contributed by atoms with van der Waals surface area (Å²) in [6.45, 7) is 2.59. The lowest BCUT2D eigenvalue weighted by atomic mass is 9.74. The monoisotopic (exact) mass is 341 g/mol. The normalized spacial score (nSPS) is 22.7. The highest BCUT2D eigenvalue weighted by molar-refractivity contribution is 5.93. The summed E-state index contributed by atoms with van der Waals surface area (Å²) in [4.78, 5) is 12.8.